The summed E-state index contributed by atoms with van der Waals surface area (Å²) in [5.74, 6) is -0.0901. The molecule has 0 saturated carbocycles. The molecule has 3 aromatic carbocycles. The van der Waals surface area contributed by atoms with Crippen LogP contribution in [0, 0.1) is 0 Å². The molecule has 4 rings (SSSR count). The molecule has 40 heavy (non-hydrogen) atoms. The lowest BCUT2D eigenvalue weighted by Crippen LogP contribution is -2.52. The van der Waals surface area contributed by atoms with Crippen LogP contribution in [0.3, 0.4) is 0 Å². The van der Waals surface area contributed by atoms with Gasteiger partial charge in [0, 0.05) is 23.7 Å². The van der Waals surface area contributed by atoms with E-state index in [1.807, 2.05) is 13.8 Å². The molecular weight excluding hydrogens is 554 g/mol. The third kappa shape index (κ3) is 6.68. The van der Waals surface area contributed by atoms with Gasteiger partial charge in [0.15, 0.2) is 11.5 Å². The summed E-state index contributed by atoms with van der Waals surface area (Å²) >= 11 is 6.39. The molecule has 1 atom stereocenters. The van der Waals surface area contributed by atoms with Gasteiger partial charge in [0.05, 0.1) is 10.6 Å². The van der Waals surface area contributed by atoms with Crippen molar-refractivity contribution in [2.75, 3.05) is 24.1 Å². The summed E-state index contributed by atoms with van der Waals surface area (Å²) in [6.07, 6.45) is 0. The molecular formula is C29H32ClN3O6S. The summed E-state index contributed by atoms with van der Waals surface area (Å²) < 4.78 is 40.1. The molecule has 1 aliphatic heterocycles. The third-order valence-corrected chi connectivity index (χ3v) is 8.48. The number of sulfonamides is 1. The van der Waals surface area contributed by atoms with E-state index in [9.17, 15) is 18.0 Å². The predicted molar refractivity (Wildman–Crippen MR) is 153 cm³/mol. The van der Waals surface area contributed by atoms with E-state index >= 15 is 0 Å². The minimum absolute atomic E-state index is 0.00551. The molecule has 0 fully saturated rings. The van der Waals surface area contributed by atoms with Crippen molar-refractivity contribution in [3.63, 3.8) is 0 Å². The number of carbonyl (C=O) groups excluding carboxylic acids is 2. The number of nitrogens with zero attached hydrogens (tertiary/aromatic N) is 2. The van der Waals surface area contributed by atoms with Crippen LogP contribution in [0.2, 0.25) is 5.02 Å². The first-order valence-corrected chi connectivity index (χ1v) is 14.7. The molecule has 212 valence electrons. The maximum absolute atomic E-state index is 14.0. The fourth-order valence-electron chi connectivity index (χ4n) is 4.23. The number of fused-ring (bicyclic) bond motifs is 1. The topological polar surface area (TPSA) is 105 Å². The number of nitrogens with one attached hydrogen (secondary N) is 1. The molecule has 3 aromatic rings. The van der Waals surface area contributed by atoms with Crippen molar-refractivity contribution in [1.29, 1.82) is 0 Å². The fraction of sp³-hybridized carbons (Fsp3) is 0.310. The molecule has 0 saturated heterocycles. The molecule has 0 radical (unpaired) electrons. The highest BCUT2D eigenvalue weighted by molar-refractivity contribution is 7.92. The van der Waals surface area contributed by atoms with Crippen LogP contribution in [0.1, 0.15) is 26.3 Å². The van der Waals surface area contributed by atoms with E-state index in [1.165, 1.54) is 23.1 Å². The van der Waals surface area contributed by atoms with Gasteiger partial charge in [-0.05, 0) is 56.7 Å². The molecule has 0 aliphatic carbocycles. The van der Waals surface area contributed by atoms with Gasteiger partial charge in [0.1, 0.15) is 25.8 Å². The van der Waals surface area contributed by atoms with E-state index in [0.717, 1.165) is 4.31 Å². The van der Waals surface area contributed by atoms with E-state index < -0.39 is 28.5 Å². The normalized spacial score (nSPS) is 13.4. The van der Waals surface area contributed by atoms with Crippen molar-refractivity contribution >= 4 is 39.1 Å². The third-order valence-electron chi connectivity index (χ3n) is 6.32. The Bertz CT molecular complexity index is 1470. The molecule has 9 nitrogen and oxygen atoms in total. The van der Waals surface area contributed by atoms with Crippen molar-refractivity contribution < 1.29 is 27.5 Å². The first-order chi connectivity index (χ1) is 19.1. The van der Waals surface area contributed by atoms with E-state index in [1.54, 1.807) is 61.5 Å². The molecule has 0 spiro atoms. The van der Waals surface area contributed by atoms with Gasteiger partial charge >= 0.3 is 0 Å². The highest BCUT2D eigenvalue weighted by Crippen LogP contribution is 2.36. The van der Waals surface area contributed by atoms with Gasteiger partial charge in [-0.15, -0.1) is 0 Å². The molecule has 0 bridgehead atoms. The Morgan fingerprint density at radius 2 is 1.57 bits per heavy atom. The Morgan fingerprint density at radius 3 is 2.25 bits per heavy atom. The number of ether oxygens (including phenoxy) is 2. The van der Waals surface area contributed by atoms with Crippen LogP contribution >= 0.6 is 11.6 Å². The zero-order chi connectivity index (χ0) is 28.9. The lowest BCUT2D eigenvalue weighted by Gasteiger charge is -2.32. The molecule has 0 aromatic heterocycles. The Morgan fingerprint density at radius 1 is 0.925 bits per heavy atom. The number of anilines is 1. The van der Waals surface area contributed by atoms with Crippen molar-refractivity contribution in [1.82, 2.24) is 10.2 Å². The van der Waals surface area contributed by atoms with Crippen LogP contribution in [0.4, 0.5) is 5.69 Å². The van der Waals surface area contributed by atoms with E-state index in [4.69, 9.17) is 21.1 Å². The second kappa shape index (κ2) is 12.6. The molecule has 1 N–H and O–H groups in total. The minimum Gasteiger partial charge on any atom is -0.486 e. The summed E-state index contributed by atoms with van der Waals surface area (Å²) in [7, 11) is -4.19. The average molecular weight is 586 g/mol. The van der Waals surface area contributed by atoms with E-state index in [2.05, 4.69) is 5.32 Å². The van der Waals surface area contributed by atoms with Gasteiger partial charge in [-0.1, -0.05) is 48.0 Å². The average Bonchev–Trinajstić information content (AvgIpc) is 2.94. The van der Waals surface area contributed by atoms with Crippen LogP contribution in [0.5, 0.6) is 11.5 Å². The van der Waals surface area contributed by atoms with E-state index in [0.29, 0.717) is 35.3 Å². The molecule has 1 aliphatic rings. The van der Waals surface area contributed by atoms with Crippen molar-refractivity contribution in [3.8, 4) is 11.5 Å². The number of hydrogen-bond acceptors (Lipinski definition) is 6. The SMILES string of the molecule is CC(C)NC(=O)C(C)N(Cc1ccccc1Cl)C(=O)CN(c1ccc2c(c1)OCCO2)S(=O)(=O)c1ccccc1. The van der Waals surface area contributed by atoms with Gasteiger partial charge < -0.3 is 19.7 Å². The number of carbonyl (C=O) groups is 2. The summed E-state index contributed by atoms with van der Waals surface area (Å²) in [4.78, 5) is 28.3. The second-order valence-electron chi connectivity index (χ2n) is 9.61. The Kier molecular flexibility index (Phi) is 9.21. The molecule has 2 amide bonds. The second-order valence-corrected chi connectivity index (χ2v) is 11.9. The number of amides is 2. The van der Waals surface area contributed by atoms with Crippen molar-refractivity contribution in [2.45, 2.75) is 44.3 Å². The van der Waals surface area contributed by atoms with Crippen molar-refractivity contribution in [2.24, 2.45) is 0 Å². The van der Waals surface area contributed by atoms with Crippen LogP contribution in [-0.2, 0) is 26.2 Å². The maximum Gasteiger partial charge on any atom is 0.264 e. The number of hydrogen-bond donors (Lipinski definition) is 1. The van der Waals surface area contributed by atoms with Gasteiger partial charge in [-0.3, -0.25) is 13.9 Å². The zero-order valence-corrected chi connectivity index (χ0v) is 24.1. The lowest BCUT2D eigenvalue weighted by molar-refractivity contribution is -0.139. The predicted octanol–water partition coefficient (Wildman–Crippen LogP) is 4.25. The minimum atomic E-state index is -4.19. The quantitative estimate of drug-likeness (QED) is 0.381. The summed E-state index contributed by atoms with van der Waals surface area (Å²) in [5, 5.41) is 3.25. The van der Waals surface area contributed by atoms with Gasteiger partial charge in [0.25, 0.3) is 10.0 Å². The van der Waals surface area contributed by atoms with Crippen LogP contribution in [-0.4, -0.2) is 57.0 Å². The standard InChI is InChI=1S/C29H32ClN3O6S/c1-20(2)31-29(35)21(3)32(18-22-9-7-8-12-25(22)30)28(34)19-33(40(36,37)24-10-5-4-6-11-24)23-13-14-26-27(17-23)39-16-15-38-26/h4-14,17,20-21H,15-16,18-19H2,1-3H3,(H,31,35). The molecule has 11 heteroatoms. The first-order valence-electron chi connectivity index (χ1n) is 12.9. The Hall–Kier alpha value is -3.76. The maximum atomic E-state index is 14.0. The summed E-state index contributed by atoms with van der Waals surface area (Å²) in [6, 6.07) is 18.5. The zero-order valence-electron chi connectivity index (χ0n) is 22.5. The highest BCUT2D eigenvalue weighted by Gasteiger charge is 2.33. The van der Waals surface area contributed by atoms with Gasteiger partial charge in [-0.25, -0.2) is 8.42 Å². The summed E-state index contributed by atoms with van der Waals surface area (Å²) in [5.41, 5.74) is 0.844. The van der Waals surface area contributed by atoms with Crippen LogP contribution in [0.15, 0.2) is 77.7 Å². The summed E-state index contributed by atoms with van der Waals surface area (Å²) in [6.45, 7) is 5.37. The lowest BCUT2D eigenvalue weighted by atomic mass is 10.1. The Labute approximate surface area is 239 Å². The first kappa shape index (κ1) is 29.2. The monoisotopic (exact) mass is 585 g/mol. The number of benzene rings is 3. The Balaban J connectivity index is 1.74. The molecule has 1 heterocycles. The van der Waals surface area contributed by atoms with Gasteiger partial charge in [0.2, 0.25) is 11.8 Å². The highest BCUT2D eigenvalue weighted by atomic mass is 35.5. The number of rotatable bonds is 10. The van der Waals surface area contributed by atoms with Crippen LogP contribution in [0.25, 0.3) is 0 Å². The number of halogens is 1. The van der Waals surface area contributed by atoms with Crippen LogP contribution < -0.4 is 19.1 Å². The van der Waals surface area contributed by atoms with Crippen molar-refractivity contribution in [3.05, 3.63) is 83.4 Å². The smallest absolute Gasteiger partial charge is 0.264 e. The van der Waals surface area contributed by atoms with Gasteiger partial charge in [-0.2, -0.15) is 0 Å². The molecule has 1 unspecified atom stereocenters. The van der Waals surface area contributed by atoms with E-state index in [-0.39, 0.29) is 29.1 Å². The largest absolute Gasteiger partial charge is 0.486 e. The fourth-order valence-corrected chi connectivity index (χ4v) is 5.86.